The Kier molecular flexibility index (Phi) is 3.85. The van der Waals surface area contributed by atoms with Crippen LogP contribution in [-0.2, 0) is 6.42 Å². The Hall–Kier alpha value is -2.34. The van der Waals surface area contributed by atoms with Crippen molar-refractivity contribution in [1.82, 2.24) is 15.2 Å². The highest BCUT2D eigenvalue weighted by atomic mass is 32.1. The van der Waals surface area contributed by atoms with Gasteiger partial charge in [-0.25, -0.2) is 0 Å². The van der Waals surface area contributed by atoms with Gasteiger partial charge >= 0.3 is 0 Å². The Morgan fingerprint density at radius 2 is 2.00 bits per heavy atom. The van der Waals surface area contributed by atoms with Gasteiger partial charge in [0.25, 0.3) is 5.91 Å². The number of para-hydroxylation sites is 1. The Labute approximate surface area is 132 Å². The lowest BCUT2D eigenvalue weighted by molar-refractivity contribution is 0.102. The molecule has 3 aromatic rings. The van der Waals surface area contributed by atoms with Gasteiger partial charge in [0.2, 0.25) is 5.13 Å². The smallest absolute Gasteiger partial charge is 0.258 e. The van der Waals surface area contributed by atoms with Gasteiger partial charge in [-0.15, -0.1) is 10.2 Å². The number of rotatable bonds is 3. The van der Waals surface area contributed by atoms with Gasteiger partial charge in [0.15, 0.2) is 0 Å². The number of carbonyl (C=O) groups is 1. The molecule has 1 aromatic carbocycles. The van der Waals surface area contributed by atoms with Gasteiger partial charge in [0.05, 0.1) is 11.1 Å². The number of amides is 1. The lowest BCUT2D eigenvalue weighted by atomic mass is 9.99. The molecular weight excluding hydrogens is 296 g/mol. The molecule has 2 heterocycles. The van der Waals surface area contributed by atoms with E-state index in [1.165, 1.54) is 11.3 Å². The third-order valence-corrected chi connectivity index (χ3v) is 4.30. The second kappa shape index (κ2) is 5.81. The quantitative estimate of drug-likeness (QED) is 0.803. The normalized spacial score (nSPS) is 10.9. The largest absolute Gasteiger partial charge is 0.296 e. The molecule has 0 fully saturated rings. The second-order valence-electron chi connectivity index (χ2n) is 5.01. The van der Waals surface area contributed by atoms with Crippen LogP contribution in [0.3, 0.4) is 0 Å². The maximum absolute atomic E-state index is 12.7. The van der Waals surface area contributed by atoms with Crippen molar-refractivity contribution in [3.8, 4) is 0 Å². The van der Waals surface area contributed by atoms with Crippen LogP contribution in [0.2, 0.25) is 0 Å². The summed E-state index contributed by atoms with van der Waals surface area (Å²) in [6.45, 7) is 5.84. The van der Waals surface area contributed by atoms with E-state index in [2.05, 4.69) is 20.5 Å². The van der Waals surface area contributed by atoms with E-state index >= 15 is 0 Å². The average molecular weight is 312 g/mol. The Morgan fingerprint density at radius 1 is 1.23 bits per heavy atom. The number of anilines is 1. The van der Waals surface area contributed by atoms with Crippen molar-refractivity contribution >= 4 is 33.3 Å². The predicted molar refractivity (Wildman–Crippen MR) is 88.5 cm³/mol. The molecule has 0 aliphatic heterocycles. The van der Waals surface area contributed by atoms with Crippen LogP contribution in [0.1, 0.15) is 33.5 Å². The van der Waals surface area contributed by atoms with Crippen molar-refractivity contribution in [3.05, 3.63) is 46.1 Å². The van der Waals surface area contributed by atoms with Crippen LogP contribution in [0.4, 0.5) is 5.13 Å². The first kappa shape index (κ1) is 14.6. The number of pyridine rings is 1. The summed E-state index contributed by atoms with van der Waals surface area (Å²) < 4.78 is 0. The number of hydrogen-bond acceptors (Lipinski definition) is 5. The molecule has 1 amide bonds. The molecule has 5 nitrogen and oxygen atoms in total. The fourth-order valence-corrected chi connectivity index (χ4v) is 3.09. The number of hydrogen-bond donors (Lipinski definition) is 1. The molecule has 0 radical (unpaired) electrons. The number of fused-ring (bicyclic) bond motifs is 1. The Balaban J connectivity index is 2.11. The summed E-state index contributed by atoms with van der Waals surface area (Å²) >= 11 is 1.36. The number of nitrogens with zero attached hydrogens (tertiary/aromatic N) is 3. The van der Waals surface area contributed by atoms with E-state index in [9.17, 15) is 4.79 Å². The molecule has 3 rings (SSSR count). The van der Waals surface area contributed by atoms with Crippen LogP contribution in [0.15, 0.2) is 24.3 Å². The SMILES string of the molecule is CCc1nc2ccccc2c(C(=O)Nc2nnc(C)s2)c1C. The van der Waals surface area contributed by atoms with E-state index in [-0.39, 0.29) is 5.91 Å². The molecule has 112 valence electrons. The first-order valence-electron chi connectivity index (χ1n) is 7.09. The molecule has 0 atom stereocenters. The fraction of sp³-hybridized carbons (Fsp3) is 0.250. The second-order valence-corrected chi connectivity index (χ2v) is 6.19. The summed E-state index contributed by atoms with van der Waals surface area (Å²) in [6, 6.07) is 7.70. The molecular formula is C16H16N4OS. The Bertz CT molecular complexity index is 856. The topological polar surface area (TPSA) is 67.8 Å². The van der Waals surface area contributed by atoms with Crippen molar-refractivity contribution in [2.75, 3.05) is 5.32 Å². The van der Waals surface area contributed by atoms with Crippen molar-refractivity contribution in [2.45, 2.75) is 27.2 Å². The maximum atomic E-state index is 12.7. The molecule has 2 aromatic heterocycles. The number of carbonyl (C=O) groups excluding carboxylic acids is 1. The van der Waals surface area contributed by atoms with Gasteiger partial charge in [-0.05, 0) is 31.9 Å². The molecule has 1 N–H and O–H groups in total. The highest BCUT2D eigenvalue weighted by molar-refractivity contribution is 7.15. The average Bonchev–Trinajstić information content (AvgIpc) is 2.91. The van der Waals surface area contributed by atoms with Crippen molar-refractivity contribution in [2.24, 2.45) is 0 Å². The minimum absolute atomic E-state index is 0.165. The first-order chi connectivity index (χ1) is 10.6. The third kappa shape index (κ3) is 2.57. The summed E-state index contributed by atoms with van der Waals surface area (Å²) in [5.74, 6) is -0.165. The van der Waals surface area contributed by atoms with E-state index in [0.717, 1.165) is 33.6 Å². The number of benzene rings is 1. The number of nitrogens with one attached hydrogen (secondary N) is 1. The molecule has 0 aliphatic carbocycles. The lowest BCUT2D eigenvalue weighted by Gasteiger charge is -2.12. The van der Waals surface area contributed by atoms with Crippen LogP contribution in [0.5, 0.6) is 0 Å². The summed E-state index contributed by atoms with van der Waals surface area (Å²) in [5, 5.41) is 12.9. The first-order valence-corrected chi connectivity index (χ1v) is 7.91. The molecule has 0 saturated heterocycles. The van der Waals surface area contributed by atoms with Crippen molar-refractivity contribution < 1.29 is 4.79 Å². The van der Waals surface area contributed by atoms with E-state index in [4.69, 9.17) is 0 Å². The maximum Gasteiger partial charge on any atom is 0.258 e. The molecule has 0 bridgehead atoms. The van der Waals surface area contributed by atoms with E-state index in [1.54, 1.807) is 0 Å². The van der Waals surface area contributed by atoms with Gasteiger partial charge in [0, 0.05) is 11.1 Å². The van der Waals surface area contributed by atoms with Gasteiger partial charge in [0.1, 0.15) is 5.01 Å². The lowest BCUT2D eigenvalue weighted by Crippen LogP contribution is -2.15. The minimum atomic E-state index is -0.165. The summed E-state index contributed by atoms with van der Waals surface area (Å²) in [7, 11) is 0. The minimum Gasteiger partial charge on any atom is -0.296 e. The van der Waals surface area contributed by atoms with Crippen molar-refractivity contribution in [1.29, 1.82) is 0 Å². The van der Waals surface area contributed by atoms with Crippen LogP contribution in [0.25, 0.3) is 10.9 Å². The molecule has 0 spiro atoms. The summed E-state index contributed by atoms with van der Waals surface area (Å²) in [4.78, 5) is 17.4. The number of aryl methyl sites for hydroxylation is 2. The molecule has 0 aliphatic rings. The zero-order valence-corrected chi connectivity index (χ0v) is 13.5. The zero-order chi connectivity index (χ0) is 15.7. The molecule has 0 unspecified atom stereocenters. The Morgan fingerprint density at radius 3 is 2.68 bits per heavy atom. The zero-order valence-electron chi connectivity index (χ0n) is 12.7. The number of aromatic nitrogens is 3. The monoisotopic (exact) mass is 312 g/mol. The van der Waals surface area contributed by atoms with Gasteiger partial charge < -0.3 is 0 Å². The van der Waals surface area contributed by atoms with E-state index in [0.29, 0.717) is 10.7 Å². The standard InChI is InChI=1S/C16H16N4OS/c1-4-12-9(2)14(11-7-5-6-8-13(11)17-12)15(21)18-16-20-19-10(3)22-16/h5-8H,4H2,1-3H3,(H,18,20,21). The molecule has 6 heteroatoms. The van der Waals surface area contributed by atoms with Crippen LogP contribution >= 0.6 is 11.3 Å². The molecule has 22 heavy (non-hydrogen) atoms. The van der Waals surface area contributed by atoms with Crippen LogP contribution in [-0.4, -0.2) is 21.1 Å². The highest BCUT2D eigenvalue weighted by Gasteiger charge is 2.18. The van der Waals surface area contributed by atoms with Crippen LogP contribution in [0, 0.1) is 13.8 Å². The van der Waals surface area contributed by atoms with E-state index < -0.39 is 0 Å². The summed E-state index contributed by atoms with van der Waals surface area (Å²) in [5.41, 5.74) is 3.36. The van der Waals surface area contributed by atoms with Gasteiger partial charge in [-0.1, -0.05) is 36.5 Å². The van der Waals surface area contributed by atoms with Gasteiger partial charge in [-0.2, -0.15) is 0 Å². The molecule has 0 saturated carbocycles. The fourth-order valence-electron chi connectivity index (χ4n) is 2.50. The van der Waals surface area contributed by atoms with E-state index in [1.807, 2.05) is 45.0 Å². The highest BCUT2D eigenvalue weighted by Crippen LogP contribution is 2.25. The predicted octanol–water partition coefficient (Wildman–Crippen LogP) is 3.52. The van der Waals surface area contributed by atoms with Gasteiger partial charge in [-0.3, -0.25) is 15.1 Å². The third-order valence-electron chi connectivity index (χ3n) is 3.55. The summed E-state index contributed by atoms with van der Waals surface area (Å²) in [6.07, 6.45) is 0.787. The van der Waals surface area contributed by atoms with Crippen LogP contribution < -0.4 is 5.32 Å². The van der Waals surface area contributed by atoms with Crippen molar-refractivity contribution in [3.63, 3.8) is 0 Å².